The van der Waals surface area contributed by atoms with Gasteiger partial charge in [0.15, 0.2) is 6.29 Å². The van der Waals surface area contributed by atoms with Gasteiger partial charge in [-0.25, -0.2) is 0 Å². The molecular formula is C53H86O9. The van der Waals surface area contributed by atoms with Crippen molar-refractivity contribution in [3.8, 4) is 0 Å². The first-order valence-corrected chi connectivity index (χ1v) is 24.0. The van der Waals surface area contributed by atoms with E-state index in [9.17, 15) is 25.2 Å². The molecule has 1 fully saturated rings. The van der Waals surface area contributed by atoms with Gasteiger partial charge >= 0.3 is 5.97 Å². The zero-order valence-electron chi connectivity index (χ0n) is 38.6. The number of rotatable bonds is 39. The fraction of sp³-hybridized carbons (Fsp3) is 0.642. The van der Waals surface area contributed by atoms with E-state index in [2.05, 4.69) is 123 Å². The van der Waals surface area contributed by atoms with Gasteiger partial charge in [-0.1, -0.05) is 162 Å². The summed E-state index contributed by atoms with van der Waals surface area (Å²) >= 11 is 0. The number of hydrogen-bond acceptors (Lipinski definition) is 9. The third kappa shape index (κ3) is 33.4. The van der Waals surface area contributed by atoms with Gasteiger partial charge in [0, 0.05) is 13.0 Å². The largest absolute Gasteiger partial charge is 0.457 e. The molecule has 0 aromatic rings. The van der Waals surface area contributed by atoms with E-state index in [-0.39, 0.29) is 25.6 Å². The molecule has 352 valence electrons. The normalized spacial score (nSPS) is 20.8. The lowest BCUT2D eigenvalue weighted by Crippen LogP contribution is -2.59. The number of aliphatic hydroxyl groups is 4. The summed E-state index contributed by atoms with van der Waals surface area (Å²) in [4.78, 5) is 12.8. The lowest BCUT2D eigenvalue weighted by molar-refractivity contribution is -0.305. The van der Waals surface area contributed by atoms with Crippen molar-refractivity contribution in [3.05, 3.63) is 109 Å². The molecule has 6 unspecified atom stereocenters. The van der Waals surface area contributed by atoms with Gasteiger partial charge in [-0.3, -0.25) is 4.79 Å². The Bertz CT molecular complexity index is 1310. The van der Waals surface area contributed by atoms with Crippen molar-refractivity contribution in [1.29, 1.82) is 0 Å². The lowest BCUT2D eigenvalue weighted by atomic mass is 9.99. The van der Waals surface area contributed by atoms with Gasteiger partial charge < -0.3 is 39.4 Å². The summed E-state index contributed by atoms with van der Waals surface area (Å²) in [7, 11) is 0. The second-order valence-corrected chi connectivity index (χ2v) is 15.8. The second kappa shape index (κ2) is 43.1. The first-order chi connectivity index (χ1) is 30.4. The predicted molar refractivity (Wildman–Crippen MR) is 256 cm³/mol. The lowest BCUT2D eigenvalue weighted by Gasteiger charge is -2.39. The number of carbonyl (C=O) groups excluding carboxylic acids is 1. The minimum Gasteiger partial charge on any atom is -0.457 e. The van der Waals surface area contributed by atoms with Crippen molar-refractivity contribution in [1.82, 2.24) is 0 Å². The van der Waals surface area contributed by atoms with Gasteiger partial charge in [-0.2, -0.15) is 0 Å². The van der Waals surface area contributed by atoms with Gasteiger partial charge in [0.25, 0.3) is 0 Å². The molecule has 1 aliphatic rings. The average Bonchev–Trinajstić information content (AvgIpc) is 3.27. The predicted octanol–water partition coefficient (Wildman–Crippen LogP) is 11.4. The van der Waals surface area contributed by atoms with Crippen molar-refractivity contribution < 1.29 is 44.2 Å². The van der Waals surface area contributed by atoms with Crippen LogP contribution in [0.5, 0.6) is 0 Å². The zero-order chi connectivity index (χ0) is 45.0. The third-order valence-corrected chi connectivity index (χ3v) is 10.2. The molecule has 0 bridgehead atoms. The number of hydrogen-bond donors (Lipinski definition) is 4. The van der Waals surface area contributed by atoms with Crippen LogP contribution in [0.25, 0.3) is 0 Å². The molecule has 4 N–H and O–H groups in total. The number of carbonyl (C=O) groups is 1. The second-order valence-electron chi connectivity index (χ2n) is 15.8. The SMILES string of the molecule is CC/C=C\C/C=C\C/C=C\C/C=C\C/C=C\C/C=C\CCCCCCCOCC(COC1OC(CO)C(O)C(O)C1O)OC(=O)CCCCCCC/C=C\C/C=C\C/C=C\CC. The van der Waals surface area contributed by atoms with E-state index in [0.717, 1.165) is 135 Å². The highest BCUT2D eigenvalue weighted by atomic mass is 16.7. The number of unbranched alkanes of at least 4 members (excludes halogenated alkanes) is 10. The molecule has 1 saturated heterocycles. The average molecular weight is 867 g/mol. The number of ether oxygens (including phenoxy) is 4. The van der Waals surface area contributed by atoms with Crippen molar-refractivity contribution in [2.45, 2.75) is 192 Å². The standard InChI is InChI=1S/C53H86O9/c1-3-5-7-9-11-13-15-17-19-20-21-22-23-24-25-26-27-29-31-33-35-37-39-41-43-59-45-47(46-60-53-52(58)51(57)50(56)48(44-54)62-53)61-49(55)42-40-38-36-34-32-30-28-18-16-14-12-10-8-6-4-2/h5-8,11-14,17-19,21-22,24-25,27-29,47-48,50-54,56-58H,3-4,9-10,15-16,20,23,26,30-46H2,1-2H3/b7-5-,8-6-,13-11-,14-12-,19-17-,22-21-,25-24-,28-18-,29-27-. The monoisotopic (exact) mass is 867 g/mol. The fourth-order valence-electron chi connectivity index (χ4n) is 6.51. The first-order valence-electron chi connectivity index (χ1n) is 24.0. The molecular weight excluding hydrogens is 781 g/mol. The van der Waals surface area contributed by atoms with E-state index in [1.807, 2.05) is 0 Å². The van der Waals surface area contributed by atoms with Crippen molar-refractivity contribution in [2.24, 2.45) is 0 Å². The Morgan fingerprint density at radius 1 is 0.516 bits per heavy atom. The van der Waals surface area contributed by atoms with Crippen molar-refractivity contribution in [2.75, 3.05) is 26.4 Å². The minimum atomic E-state index is -1.55. The van der Waals surface area contributed by atoms with Crippen LogP contribution in [0.3, 0.4) is 0 Å². The maximum absolute atomic E-state index is 12.8. The summed E-state index contributed by atoms with van der Waals surface area (Å²) in [5.74, 6) is -0.343. The van der Waals surface area contributed by atoms with Crippen molar-refractivity contribution >= 4 is 5.97 Å². The first kappa shape index (κ1) is 56.9. The summed E-state index contributed by atoms with van der Waals surface area (Å²) < 4.78 is 22.8. The van der Waals surface area contributed by atoms with E-state index in [1.54, 1.807) is 0 Å². The molecule has 6 atom stereocenters. The van der Waals surface area contributed by atoms with Crippen LogP contribution in [0.1, 0.15) is 155 Å². The highest BCUT2D eigenvalue weighted by Crippen LogP contribution is 2.22. The molecule has 1 heterocycles. The molecule has 1 rings (SSSR count). The quantitative estimate of drug-likeness (QED) is 0.0271. The number of aliphatic hydroxyl groups excluding tert-OH is 4. The Balaban J connectivity index is 2.27. The molecule has 0 spiro atoms. The van der Waals surface area contributed by atoms with E-state index in [1.165, 1.54) is 0 Å². The topological polar surface area (TPSA) is 135 Å². The fourth-order valence-corrected chi connectivity index (χ4v) is 6.51. The summed E-state index contributed by atoms with van der Waals surface area (Å²) in [5.41, 5.74) is 0. The Morgan fingerprint density at radius 2 is 0.935 bits per heavy atom. The molecule has 0 saturated carbocycles. The Labute approximate surface area is 376 Å². The van der Waals surface area contributed by atoms with Gasteiger partial charge in [-0.15, -0.1) is 0 Å². The van der Waals surface area contributed by atoms with E-state index >= 15 is 0 Å². The minimum absolute atomic E-state index is 0.116. The van der Waals surface area contributed by atoms with Crippen LogP contribution < -0.4 is 0 Å². The number of allylic oxidation sites excluding steroid dienone is 18. The third-order valence-electron chi connectivity index (χ3n) is 10.2. The van der Waals surface area contributed by atoms with Crippen LogP contribution in [0, 0.1) is 0 Å². The van der Waals surface area contributed by atoms with E-state index in [4.69, 9.17) is 18.9 Å². The van der Waals surface area contributed by atoms with Crippen LogP contribution in [0.4, 0.5) is 0 Å². The van der Waals surface area contributed by atoms with Gasteiger partial charge in [0.2, 0.25) is 0 Å². The molecule has 1 aliphatic heterocycles. The molecule has 0 radical (unpaired) electrons. The summed E-state index contributed by atoms with van der Waals surface area (Å²) in [5, 5.41) is 40.2. The summed E-state index contributed by atoms with van der Waals surface area (Å²) in [6.07, 6.45) is 54.0. The highest BCUT2D eigenvalue weighted by molar-refractivity contribution is 5.69. The highest BCUT2D eigenvalue weighted by Gasteiger charge is 2.44. The Morgan fingerprint density at radius 3 is 1.40 bits per heavy atom. The molecule has 0 aliphatic carbocycles. The van der Waals surface area contributed by atoms with Gasteiger partial charge in [0.1, 0.15) is 30.5 Å². The van der Waals surface area contributed by atoms with Crippen LogP contribution in [0.2, 0.25) is 0 Å². The van der Waals surface area contributed by atoms with Crippen LogP contribution in [-0.2, 0) is 23.7 Å². The van der Waals surface area contributed by atoms with Crippen LogP contribution >= 0.6 is 0 Å². The maximum Gasteiger partial charge on any atom is 0.306 e. The van der Waals surface area contributed by atoms with Crippen LogP contribution in [0.15, 0.2) is 109 Å². The molecule has 9 heteroatoms. The maximum atomic E-state index is 12.8. The van der Waals surface area contributed by atoms with Crippen LogP contribution in [-0.4, -0.2) is 89.6 Å². The molecule has 62 heavy (non-hydrogen) atoms. The summed E-state index contributed by atoms with van der Waals surface area (Å²) in [6, 6.07) is 0. The van der Waals surface area contributed by atoms with E-state index in [0.29, 0.717) is 6.61 Å². The smallest absolute Gasteiger partial charge is 0.306 e. The summed E-state index contributed by atoms with van der Waals surface area (Å²) in [6.45, 7) is 4.24. The van der Waals surface area contributed by atoms with Gasteiger partial charge in [0.05, 0.1) is 19.8 Å². The zero-order valence-corrected chi connectivity index (χ0v) is 38.6. The molecule has 0 aromatic carbocycles. The molecule has 0 aromatic heterocycles. The van der Waals surface area contributed by atoms with Gasteiger partial charge in [-0.05, 0) is 96.3 Å². The number of esters is 1. The van der Waals surface area contributed by atoms with Crippen molar-refractivity contribution in [3.63, 3.8) is 0 Å². The Hall–Kier alpha value is -3.15. The van der Waals surface area contributed by atoms with E-state index < -0.39 is 43.4 Å². The molecule has 9 nitrogen and oxygen atoms in total. The molecule has 0 amide bonds. The Kier molecular flexibility index (Phi) is 39.5.